The number of likely N-dealkylation sites (N-methyl/N-ethyl adjacent to an activating group) is 1. The van der Waals surface area contributed by atoms with E-state index in [1.54, 1.807) is 25.1 Å². The van der Waals surface area contributed by atoms with Gasteiger partial charge in [0.15, 0.2) is 0 Å². The summed E-state index contributed by atoms with van der Waals surface area (Å²) in [6, 6.07) is 17.6. The number of rotatable bonds is 8. The van der Waals surface area contributed by atoms with E-state index in [0.29, 0.717) is 18.1 Å². The molecule has 4 heteroatoms. The van der Waals surface area contributed by atoms with Gasteiger partial charge in [-0.1, -0.05) is 42.5 Å². The molecule has 4 nitrogen and oxygen atoms in total. The fraction of sp³-hybridized carbons (Fsp3) is 0.409. The monoisotopic (exact) mass is 353 g/mol. The molecule has 1 N–H and O–H groups in total. The van der Waals surface area contributed by atoms with E-state index in [-0.39, 0.29) is 18.4 Å². The molecule has 1 fully saturated rings. The molecule has 2 atom stereocenters. The van der Waals surface area contributed by atoms with E-state index in [1.807, 2.05) is 36.4 Å². The maximum absolute atomic E-state index is 12.7. The summed E-state index contributed by atoms with van der Waals surface area (Å²) in [5, 5.41) is 10.5. The van der Waals surface area contributed by atoms with Crippen LogP contribution in [-0.4, -0.2) is 36.6 Å². The predicted molar refractivity (Wildman–Crippen MR) is 102 cm³/mol. The van der Waals surface area contributed by atoms with E-state index < -0.39 is 6.10 Å². The fourth-order valence-electron chi connectivity index (χ4n) is 3.41. The molecule has 0 heterocycles. The Labute approximate surface area is 155 Å². The normalized spacial score (nSPS) is 16.0. The van der Waals surface area contributed by atoms with E-state index in [4.69, 9.17) is 4.74 Å². The van der Waals surface area contributed by atoms with Crippen LogP contribution in [-0.2, 0) is 4.79 Å². The van der Waals surface area contributed by atoms with Crippen LogP contribution in [0.2, 0.25) is 0 Å². The molecule has 0 aliphatic heterocycles. The minimum Gasteiger partial charge on any atom is -0.497 e. The Bertz CT molecular complexity index is 727. The van der Waals surface area contributed by atoms with Crippen LogP contribution in [0, 0.1) is 5.92 Å². The molecule has 0 radical (unpaired) electrons. The van der Waals surface area contributed by atoms with Crippen LogP contribution in [0.15, 0.2) is 54.6 Å². The Morgan fingerprint density at radius 1 is 1.15 bits per heavy atom. The van der Waals surface area contributed by atoms with Crippen LogP contribution in [0.25, 0.3) is 0 Å². The number of aliphatic hydroxyl groups is 1. The maximum atomic E-state index is 12.7. The zero-order chi connectivity index (χ0) is 18.5. The van der Waals surface area contributed by atoms with Gasteiger partial charge < -0.3 is 14.7 Å². The SMILES string of the molecule is COc1cccc(C(O)CN(C)C(=O)CC(c2ccccc2)C2CC2)c1. The largest absolute Gasteiger partial charge is 0.497 e. The Hall–Kier alpha value is -2.33. The number of aliphatic hydroxyl groups excluding tert-OH is 1. The van der Waals surface area contributed by atoms with Gasteiger partial charge in [0.05, 0.1) is 19.8 Å². The average Bonchev–Trinajstić information content (AvgIpc) is 3.51. The highest BCUT2D eigenvalue weighted by molar-refractivity contribution is 5.77. The molecule has 26 heavy (non-hydrogen) atoms. The molecule has 1 amide bonds. The van der Waals surface area contributed by atoms with Crippen molar-refractivity contribution in [2.75, 3.05) is 20.7 Å². The zero-order valence-corrected chi connectivity index (χ0v) is 15.5. The fourth-order valence-corrected chi connectivity index (χ4v) is 3.41. The quantitative estimate of drug-likeness (QED) is 0.786. The van der Waals surface area contributed by atoms with Crippen molar-refractivity contribution >= 4 is 5.91 Å². The molecule has 0 saturated heterocycles. The Morgan fingerprint density at radius 3 is 2.50 bits per heavy atom. The summed E-state index contributed by atoms with van der Waals surface area (Å²) in [5.74, 6) is 1.67. The molecule has 1 aliphatic rings. The summed E-state index contributed by atoms with van der Waals surface area (Å²) in [7, 11) is 3.36. The summed E-state index contributed by atoms with van der Waals surface area (Å²) in [5.41, 5.74) is 2.00. The summed E-state index contributed by atoms with van der Waals surface area (Å²) >= 11 is 0. The first kappa shape index (κ1) is 18.5. The molecule has 2 aromatic carbocycles. The van der Waals surface area contributed by atoms with Crippen LogP contribution in [0.5, 0.6) is 5.75 Å². The smallest absolute Gasteiger partial charge is 0.223 e. The lowest BCUT2D eigenvalue weighted by atomic mass is 9.90. The first-order valence-corrected chi connectivity index (χ1v) is 9.19. The van der Waals surface area contributed by atoms with Crippen molar-refractivity contribution in [3.05, 3.63) is 65.7 Å². The molecule has 2 unspecified atom stereocenters. The number of hydrogen-bond donors (Lipinski definition) is 1. The summed E-state index contributed by atoms with van der Waals surface area (Å²) < 4.78 is 5.20. The third-order valence-electron chi connectivity index (χ3n) is 5.16. The molecule has 0 spiro atoms. The number of hydrogen-bond acceptors (Lipinski definition) is 3. The van der Waals surface area contributed by atoms with Crippen LogP contribution in [0.3, 0.4) is 0 Å². The topological polar surface area (TPSA) is 49.8 Å². The molecule has 1 saturated carbocycles. The van der Waals surface area contributed by atoms with Crippen molar-refractivity contribution in [3.8, 4) is 5.75 Å². The summed E-state index contributed by atoms with van der Waals surface area (Å²) in [4.78, 5) is 14.4. The zero-order valence-electron chi connectivity index (χ0n) is 15.5. The second-order valence-electron chi connectivity index (χ2n) is 7.13. The maximum Gasteiger partial charge on any atom is 0.223 e. The molecular weight excluding hydrogens is 326 g/mol. The van der Waals surface area contributed by atoms with Crippen LogP contribution in [0.4, 0.5) is 0 Å². The number of methoxy groups -OCH3 is 1. The second kappa shape index (κ2) is 8.37. The van der Waals surface area contributed by atoms with E-state index in [2.05, 4.69) is 12.1 Å². The highest BCUT2D eigenvalue weighted by Crippen LogP contribution is 2.44. The lowest BCUT2D eigenvalue weighted by molar-refractivity contribution is -0.131. The Morgan fingerprint density at radius 2 is 1.85 bits per heavy atom. The number of ether oxygens (including phenoxy) is 1. The van der Waals surface area contributed by atoms with Gasteiger partial charge >= 0.3 is 0 Å². The van der Waals surface area contributed by atoms with Crippen molar-refractivity contribution in [1.29, 1.82) is 0 Å². The number of carbonyl (C=O) groups is 1. The number of nitrogens with zero attached hydrogens (tertiary/aromatic N) is 1. The third-order valence-corrected chi connectivity index (χ3v) is 5.16. The summed E-state index contributed by atoms with van der Waals surface area (Å²) in [6.07, 6.45) is 2.16. The van der Waals surface area contributed by atoms with E-state index in [1.165, 1.54) is 18.4 Å². The minimum atomic E-state index is -0.727. The van der Waals surface area contributed by atoms with Gasteiger partial charge in [-0.15, -0.1) is 0 Å². The minimum absolute atomic E-state index is 0.0766. The standard InChI is InChI=1S/C22H27NO3/c1-23(15-21(24)18-9-6-10-19(13-18)26-2)22(25)14-20(17-11-12-17)16-7-4-3-5-8-16/h3-10,13,17,20-21,24H,11-12,14-15H2,1-2H3. The van der Waals surface area contributed by atoms with Gasteiger partial charge in [-0.2, -0.15) is 0 Å². The average molecular weight is 353 g/mol. The molecule has 0 bridgehead atoms. The highest BCUT2D eigenvalue weighted by atomic mass is 16.5. The lowest BCUT2D eigenvalue weighted by Gasteiger charge is -2.24. The van der Waals surface area contributed by atoms with Gasteiger partial charge in [0.2, 0.25) is 5.91 Å². The Balaban J connectivity index is 1.61. The van der Waals surface area contributed by atoms with Crippen molar-refractivity contribution in [1.82, 2.24) is 4.90 Å². The summed E-state index contributed by atoms with van der Waals surface area (Å²) in [6.45, 7) is 0.276. The molecule has 0 aromatic heterocycles. The number of benzene rings is 2. The van der Waals surface area contributed by atoms with Gasteiger partial charge in [-0.25, -0.2) is 0 Å². The highest BCUT2D eigenvalue weighted by Gasteiger charge is 2.34. The molecule has 3 rings (SSSR count). The number of carbonyl (C=O) groups excluding carboxylic acids is 1. The van der Waals surface area contributed by atoms with Gasteiger partial charge in [0.1, 0.15) is 5.75 Å². The van der Waals surface area contributed by atoms with Gasteiger partial charge in [0, 0.05) is 13.5 Å². The molecule has 1 aliphatic carbocycles. The van der Waals surface area contributed by atoms with Crippen molar-refractivity contribution in [3.63, 3.8) is 0 Å². The number of amides is 1. The first-order valence-electron chi connectivity index (χ1n) is 9.19. The van der Waals surface area contributed by atoms with Crippen molar-refractivity contribution < 1.29 is 14.6 Å². The molecular formula is C22H27NO3. The molecule has 2 aromatic rings. The van der Waals surface area contributed by atoms with Gasteiger partial charge in [-0.05, 0) is 47.9 Å². The third kappa shape index (κ3) is 4.64. The molecule has 138 valence electrons. The van der Waals surface area contributed by atoms with Crippen LogP contribution in [0.1, 0.15) is 42.4 Å². The van der Waals surface area contributed by atoms with Crippen molar-refractivity contribution in [2.45, 2.75) is 31.3 Å². The van der Waals surface area contributed by atoms with Gasteiger partial charge in [0.25, 0.3) is 0 Å². The van der Waals surface area contributed by atoms with Crippen LogP contribution < -0.4 is 4.74 Å². The van der Waals surface area contributed by atoms with E-state index in [0.717, 1.165) is 5.56 Å². The van der Waals surface area contributed by atoms with Gasteiger partial charge in [-0.3, -0.25) is 4.79 Å². The van der Waals surface area contributed by atoms with Crippen LogP contribution >= 0.6 is 0 Å². The van der Waals surface area contributed by atoms with Crippen molar-refractivity contribution in [2.24, 2.45) is 5.92 Å². The predicted octanol–water partition coefficient (Wildman–Crippen LogP) is 3.77. The second-order valence-corrected chi connectivity index (χ2v) is 7.13. The first-order chi connectivity index (χ1) is 12.6. The Kier molecular flexibility index (Phi) is 5.94. The van der Waals surface area contributed by atoms with E-state index >= 15 is 0 Å². The lowest BCUT2D eigenvalue weighted by Crippen LogP contribution is -2.32. The van der Waals surface area contributed by atoms with E-state index in [9.17, 15) is 9.90 Å².